The molecule has 1 aliphatic heterocycles. The van der Waals surface area contributed by atoms with E-state index in [0.29, 0.717) is 18.7 Å². The first-order valence-electron chi connectivity index (χ1n) is 7.22. The average Bonchev–Trinajstić information content (AvgIpc) is 2.99. The number of carbonyl (C=O) groups excluding carboxylic acids is 1. The number of amides is 1. The van der Waals surface area contributed by atoms with E-state index in [1.165, 1.54) is 16.8 Å². The molecule has 1 saturated heterocycles. The molecule has 2 rings (SSSR count). The van der Waals surface area contributed by atoms with Crippen LogP contribution >= 0.6 is 0 Å². The third kappa shape index (κ3) is 5.04. The van der Waals surface area contributed by atoms with Gasteiger partial charge in [0.1, 0.15) is 0 Å². The van der Waals surface area contributed by atoms with Crippen molar-refractivity contribution in [1.82, 2.24) is 14.6 Å². The van der Waals surface area contributed by atoms with Crippen molar-refractivity contribution in [2.45, 2.75) is 18.9 Å². The maximum absolute atomic E-state index is 11.9. The fourth-order valence-electron chi connectivity index (χ4n) is 2.30. The second-order valence-corrected chi connectivity index (χ2v) is 7.24. The second kappa shape index (κ2) is 7.66. The third-order valence-corrected chi connectivity index (χ3v) is 4.74. The van der Waals surface area contributed by atoms with Gasteiger partial charge in [-0.15, -0.1) is 0 Å². The number of nitrogens with one attached hydrogen (secondary N) is 1. The van der Waals surface area contributed by atoms with Crippen LogP contribution in [-0.4, -0.2) is 62.2 Å². The lowest BCUT2D eigenvalue weighted by atomic mass is 10.2. The first-order valence-corrected chi connectivity index (χ1v) is 9.06. The normalized spacial score (nSPS) is 18.5. The van der Waals surface area contributed by atoms with Crippen molar-refractivity contribution in [3.05, 3.63) is 30.1 Å². The zero-order chi connectivity index (χ0) is 16.0. The molecule has 0 aromatic carbocycles. The first kappa shape index (κ1) is 16.9. The highest BCUT2D eigenvalue weighted by Crippen LogP contribution is 2.14. The molecule has 1 aromatic heterocycles. The second-order valence-electron chi connectivity index (χ2n) is 5.25. The fourth-order valence-corrected chi connectivity index (χ4v) is 3.16. The SMILES string of the molecule is CS(=O)(=O)N(CCNC(=O)c1cccnc1)CC1CCCO1. The zero-order valence-electron chi connectivity index (χ0n) is 12.6. The van der Waals surface area contributed by atoms with E-state index in [0.717, 1.165) is 12.8 Å². The minimum absolute atomic E-state index is 0.0521. The maximum atomic E-state index is 11.9. The molecule has 1 amide bonds. The monoisotopic (exact) mass is 327 g/mol. The van der Waals surface area contributed by atoms with Crippen LogP contribution in [0.4, 0.5) is 0 Å². The van der Waals surface area contributed by atoms with Crippen molar-refractivity contribution >= 4 is 15.9 Å². The van der Waals surface area contributed by atoms with Gasteiger partial charge in [-0.2, -0.15) is 4.31 Å². The largest absolute Gasteiger partial charge is 0.377 e. The molecule has 1 aromatic rings. The van der Waals surface area contributed by atoms with E-state index in [2.05, 4.69) is 10.3 Å². The summed E-state index contributed by atoms with van der Waals surface area (Å²) in [6.07, 6.45) is 6.00. The summed E-state index contributed by atoms with van der Waals surface area (Å²) >= 11 is 0. The summed E-state index contributed by atoms with van der Waals surface area (Å²) in [6, 6.07) is 3.33. The molecule has 1 aliphatic rings. The van der Waals surface area contributed by atoms with Crippen molar-refractivity contribution in [3.8, 4) is 0 Å². The van der Waals surface area contributed by atoms with E-state index >= 15 is 0 Å². The Morgan fingerprint density at radius 2 is 2.36 bits per heavy atom. The number of carbonyl (C=O) groups is 1. The van der Waals surface area contributed by atoms with E-state index in [1.807, 2.05) is 0 Å². The van der Waals surface area contributed by atoms with Crippen molar-refractivity contribution in [2.75, 3.05) is 32.5 Å². The molecule has 8 heteroatoms. The Kier molecular flexibility index (Phi) is 5.87. The number of hydrogen-bond donors (Lipinski definition) is 1. The van der Waals surface area contributed by atoms with Gasteiger partial charge in [0.25, 0.3) is 5.91 Å². The zero-order valence-corrected chi connectivity index (χ0v) is 13.4. The highest BCUT2D eigenvalue weighted by Gasteiger charge is 2.24. The summed E-state index contributed by atoms with van der Waals surface area (Å²) in [5.41, 5.74) is 0.451. The van der Waals surface area contributed by atoms with Crippen LogP contribution in [0.15, 0.2) is 24.5 Å². The summed E-state index contributed by atoms with van der Waals surface area (Å²) in [7, 11) is -3.33. The van der Waals surface area contributed by atoms with Gasteiger partial charge in [0.05, 0.1) is 17.9 Å². The van der Waals surface area contributed by atoms with Crippen LogP contribution in [0.3, 0.4) is 0 Å². The van der Waals surface area contributed by atoms with Crippen molar-refractivity contribution in [3.63, 3.8) is 0 Å². The summed E-state index contributed by atoms with van der Waals surface area (Å²) < 4.78 is 30.5. The minimum atomic E-state index is -3.33. The molecule has 1 N–H and O–H groups in total. The number of sulfonamides is 1. The molecule has 22 heavy (non-hydrogen) atoms. The van der Waals surface area contributed by atoms with Crippen LogP contribution in [0.25, 0.3) is 0 Å². The highest BCUT2D eigenvalue weighted by molar-refractivity contribution is 7.88. The number of ether oxygens (including phenoxy) is 1. The molecule has 0 spiro atoms. The van der Waals surface area contributed by atoms with Crippen LogP contribution < -0.4 is 5.32 Å². The third-order valence-electron chi connectivity index (χ3n) is 3.47. The van der Waals surface area contributed by atoms with E-state index in [9.17, 15) is 13.2 Å². The lowest BCUT2D eigenvalue weighted by molar-refractivity contribution is 0.0910. The molecule has 1 unspecified atom stereocenters. The molecular weight excluding hydrogens is 306 g/mol. The summed E-state index contributed by atoms with van der Waals surface area (Å²) in [5.74, 6) is -0.265. The lowest BCUT2D eigenvalue weighted by Gasteiger charge is -2.23. The summed E-state index contributed by atoms with van der Waals surface area (Å²) in [5, 5.41) is 2.70. The lowest BCUT2D eigenvalue weighted by Crippen LogP contribution is -2.41. The average molecular weight is 327 g/mol. The van der Waals surface area contributed by atoms with Gasteiger partial charge < -0.3 is 10.1 Å². The van der Waals surface area contributed by atoms with Gasteiger partial charge in [-0.25, -0.2) is 8.42 Å². The Morgan fingerprint density at radius 3 is 2.95 bits per heavy atom. The molecule has 0 radical (unpaired) electrons. The van der Waals surface area contributed by atoms with Crippen LogP contribution in [0.5, 0.6) is 0 Å². The van der Waals surface area contributed by atoms with E-state index in [4.69, 9.17) is 4.74 Å². The molecule has 1 fully saturated rings. The van der Waals surface area contributed by atoms with Crippen molar-refractivity contribution in [2.24, 2.45) is 0 Å². The molecule has 7 nitrogen and oxygen atoms in total. The Bertz CT molecular complexity index is 585. The Morgan fingerprint density at radius 1 is 1.55 bits per heavy atom. The fraction of sp³-hybridized carbons (Fsp3) is 0.571. The predicted molar refractivity (Wildman–Crippen MR) is 82.0 cm³/mol. The van der Waals surface area contributed by atoms with E-state index in [1.54, 1.807) is 18.3 Å². The molecule has 1 atom stereocenters. The maximum Gasteiger partial charge on any atom is 0.252 e. The Labute approximate surface area is 130 Å². The number of aromatic nitrogens is 1. The number of hydrogen-bond acceptors (Lipinski definition) is 5. The van der Waals surface area contributed by atoms with Gasteiger partial charge in [-0.05, 0) is 25.0 Å². The number of pyridine rings is 1. The van der Waals surface area contributed by atoms with Gasteiger partial charge in [0.15, 0.2) is 0 Å². The highest BCUT2D eigenvalue weighted by atomic mass is 32.2. The molecular formula is C14H21N3O4S. The molecule has 0 saturated carbocycles. The number of rotatable bonds is 7. The Balaban J connectivity index is 1.84. The molecule has 0 bridgehead atoms. The van der Waals surface area contributed by atoms with Gasteiger partial charge in [-0.3, -0.25) is 9.78 Å². The topological polar surface area (TPSA) is 88.6 Å². The van der Waals surface area contributed by atoms with Gasteiger partial charge in [0, 0.05) is 38.6 Å². The number of nitrogens with zero attached hydrogens (tertiary/aromatic N) is 2. The smallest absolute Gasteiger partial charge is 0.252 e. The van der Waals surface area contributed by atoms with Crippen LogP contribution in [0.1, 0.15) is 23.2 Å². The van der Waals surface area contributed by atoms with Gasteiger partial charge in [0.2, 0.25) is 10.0 Å². The minimum Gasteiger partial charge on any atom is -0.377 e. The van der Waals surface area contributed by atoms with Crippen molar-refractivity contribution in [1.29, 1.82) is 0 Å². The summed E-state index contributed by atoms with van der Waals surface area (Å²) in [4.78, 5) is 15.7. The van der Waals surface area contributed by atoms with Crippen LogP contribution in [0.2, 0.25) is 0 Å². The van der Waals surface area contributed by atoms with Crippen LogP contribution in [-0.2, 0) is 14.8 Å². The van der Waals surface area contributed by atoms with E-state index < -0.39 is 10.0 Å². The van der Waals surface area contributed by atoms with E-state index in [-0.39, 0.29) is 25.1 Å². The van der Waals surface area contributed by atoms with Gasteiger partial charge >= 0.3 is 0 Å². The first-order chi connectivity index (χ1) is 10.5. The molecule has 122 valence electrons. The quantitative estimate of drug-likeness (QED) is 0.775. The summed E-state index contributed by atoms with van der Waals surface area (Å²) in [6.45, 7) is 1.49. The Hall–Kier alpha value is -1.51. The standard InChI is InChI=1S/C14H21N3O4S/c1-22(19,20)17(11-13-5-3-9-21-13)8-7-16-14(18)12-4-2-6-15-10-12/h2,4,6,10,13H,3,5,7-9,11H2,1H3,(H,16,18). The van der Waals surface area contributed by atoms with Crippen molar-refractivity contribution < 1.29 is 17.9 Å². The molecule has 0 aliphatic carbocycles. The molecule has 2 heterocycles. The predicted octanol–water partition coefficient (Wildman–Crippen LogP) is 0.252. The van der Waals surface area contributed by atoms with Gasteiger partial charge in [-0.1, -0.05) is 0 Å². The van der Waals surface area contributed by atoms with Crippen LogP contribution in [0, 0.1) is 0 Å².